The number of benzene rings is 2. The Hall–Kier alpha value is -3.50. The third kappa shape index (κ3) is 5.44. The van der Waals surface area contributed by atoms with Crippen molar-refractivity contribution in [2.24, 2.45) is 5.73 Å². The second kappa shape index (κ2) is 11.8. The predicted octanol–water partition coefficient (Wildman–Crippen LogP) is 2.67. The fraction of sp³-hybridized carbons (Fsp3) is 0.280. The Labute approximate surface area is 211 Å². The van der Waals surface area contributed by atoms with Crippen molar-refractivity contribution in [1.82, 2.24) is 10.3 Å². The Kier molecular flexibility index (Phi) is 8.78. The molecule has 3 aromatic rings. The number of ether oxygens (including phenoxy) is 1. The first-order valence-corrected chi connectivity index (χ1v) is 11.7. The number of aromatic nitrogens is 1. The number of carbonyl (C=O) groups is 4. The maximum atomic E-state index is 13.0. The Morgan fingerprint density at radius 3 is 2.63 bits per heavy atom. The van der Waals surface area contributed by atoms with E-state index >= 15 is 0 Å². The molecule has 2 heterocycles. The highest BCUT2D eigenvalue weighted by Gasteiger charge is 2.33. The van der Waals surface area contributed by atoms with Crippen LogP contribution in [0.25, 0.3) is 10.9 Å². The number of nitrogens with one attached hydrogen (secondary N) is 2. The van der Waals surface area contributed by atoms with Gasteiger partial charge in [-0.2, -0.15) is 0 Å². The number of primary amides is 1. The molecule has 1 saturated heterocycles. The quantitative estimate of drug-likeness (QED) is 0.463. The molecule has 9 nitrogen and oxygen atoms in total. The zero-order valence-electron chi connectivity index (χ0n) is 19.1. The molecule has 184 valence electrons. The minimum atomic E-state index is -0.626. The number of halogens is 1. The molecule has 1 aliphatic carbocycles. The van der Waals surface area contributed by atoms with Gasteiger partial charge in [0.1, 0.15) is 19.3 Å². The number of hydrogen-bond acceptors (Lipinski definition) is 6. The molecule has 2 unspecified atom stereocenters. The topological polar surface area (TPSA) is 135 Å². The van der Waals surface area contributed by atoms with Crippen LogP contribution in [0.15, 0.2) is 46.9 Å². The van der Waals surface area contributed by atoms with Gasteiger partial charge in [0.05, 0.1) is 24.9 Å². The number of carbonyl (C=O) groups excluding carboxylic acids is 4. The van der Waals surface area contributed by atoms with Gasteiger partial charge >= 0.3 is 0 Å². The first kappa shape index (κ1) is 26.1. The van der Waals surface area contributed by atoms with Crippen molar-refractivity contribution >= 4 is 57.9 Å². The highest BCUT2D eigenvalue weighted by atomic mass is 79.9. The van der Waals surface area contributed by atoms with E-state index < -0.39 is 12.0 Å². The molecule has 0 saturated carbocycles. The summed E-state index contributed by atoms with van der Waals surface area (Å²) < 4.78 is 6.71. The van der Waals surface area contributed by atoms with E-state index in [1.54, 1.807) is 0 Å². The van der Waals surface area contributed by atoms with Gasteiger partial charge in [0.25, 0.3) is 11.8 Å². The Morgan fingerprint density at radius 2 is 1.89 bits per heavy atom. The molecule has 2 atom stereocenters. The van der Waals surface area contributed by atoms with E-state index in [0.29, 0.717) is 25.4 Å². The Bertz CT molecular complexity index is 1210. The maximum Gasteiger partial charge on any atom is 0.267 e. The lowest BCUT2D eigenvalue weighted by Crippen LogP contribution is -2.50. The molecule has 0 radical (unpaired) electrons. The number of aryl methyl sites for hydroxylation is 1. The van der Waals surface area contributed by atoms with Crippen LogP contribution in [-0.2, 0) is 25.5 Å². The number of aromatic amines is 1. The lowest BCUT2D eigenvalue weighted by Gasteiger charge is -2.34. The van der Waals surface area contributed by atoms with E-state index in [9.17, 15) is 9.59 Å². The summed E-state index contributed by atoms with van der Waals surface area (Å²) >= 11 is 3.50. The van der Waals surface area contributed by atoms with Crippen molar-refractivity contribution in [2.45, 2.75) is 25.0 Å². The van der Waals surface area contributed by atoms with E-state index in [1.807, 2.05) is 48.8 Å². The van der Waals surface area contributed by atoms with Crippen LogP contribution >= 0.6 is 15.9 Å². The summed E-state index contributed by atoms with van der Waals surface area (Å²) in [5.74, 6) is -0.662. The number of anilines is 1. The molecule has 1 aliphatic heterocycles. The zero-order chi connectivity index (χ0) is 25.5. The van der Waals surface area contributed by atoms with Crippen LogP contribution in [0.5, 0.6) is 0 Å². The average Bonchev–Trinajstić information content (AvgIpc) is 3.48. The average molecular weight is 543 g/mol. The van der Waals surface area contributed by atoms with Crippen LogP contribution in [-0.4, -0.2) is 56.2 Å². The van der Waals surface area contributed by atoms with Crippen molar-refractivity contribution in [3.63, 3.8) is 0 Å². The summed E-state index contributed by atoms with van der Waals surface area (Å²) in [6, 6.07) is 14.0. The second-order valence-electron chi connectivity index (χ2n) is 8.01. The van der Waals surface area contributed by atoms with Crippen LogP contribution in [0, 0.1) is 0 Å². The Balaban J connectivity index is 0.000000815. The molecule has 2 amide bonds. The fourth-order valence-corrected chi connectivity index (χ4v) is 5.00. The number of rotatable bonds is 4. The van der Waals surface area contributed by atoms with E-state index in [2.05, 4.69) is 38.4 Å². The molecular formula is C25H27BrN4O5. The third-order valence-corrected chi connectivity index (χ3v) is 6.60. The largest absolute Gasteiger partial charge is 0.365 e. The molecule has 0 bridgehead atoms. The van der Waals surface area contributed by atoms with E-state index in [1.165, 1.54) is 11.1 Å². The van der Waals surface area contributed by atoms with Gasteiger partial charge in [-0.05, 0) is 42.2 Å². The number of hydrogen-bond donors (Lipinski definition) is 3. The molecular weight excluding hydrogens is 516 g/mol. The molecule has 4 N–H and O–H groups in total. The highest BCUT2D eigenvalue weighted by molar-refractivity contribution is 9.10. The highest BCUT2D eigenvalue weighted by Crippen LogP contribution is 2.35. The van der Waals surface area contributed by atoms with Gasteiger partial charge in [-0.15, -0.1) is 0 Å². The Morgan fingerprint density at radius 1 is 1.14 bits per heavy atom. The SMILES string of the molecule is C=O.C=O.NC(=O)c1[nH]c2ccc(Br)cc2c1N1CCOC(C(=O)NC2CCc3ccccc32)C1. The molecule has 5 rings (SSSR count). The van der Waals surface area contributed by atoms with Crippen LogP contribution in [0.4, 0.5) is 5.69 Å². The van der Waals surface area contributed by atoms with Crippen molar-refractivity contribution < 1.29 is 23.9 Å². The molecule has 10 heteroatoms. The summed E-state index contributed by atoms with van der Waals surface area (Å²) in [5, 5.41) is 4.04. The molecule has 2 aromatic carbocycles. The molecule has 0 spiro atoms. The van der Waals surface area contributed by atoms with Gasteiger partial charge in [-0.1, -0.05) is 40.2 Å². The van der Waals surface area contributed by atoms with Crippen molar-refractivity contribution in [3.8, 4) is 0 Å². The lowest BCUT2D eigenvalue weighted by atomic mass is 10.1. The van der Waals surface area contributed by atoms with Gasteiger partial charge in [0.2, 0.25) is 0 Å². The van der Waals surface area contributed by atoms with Crippen LogP contribution in [0.1, 0.15) is 34.1 Å². The number of morpholine rings is 1. The molecule has 35 heavy (non-hydrogen) atoms. The normalized spacial score (nSPS) is 18.5. The molecule has 1 aromatic heterocycles. The number of nitrogens with zero attached hydrogens (tertiary/aromatic N) is 1. The van der Waals surface area contributed by atoms with Crippen LogP contribution < -0.4 is 16.0 Å². The first-order valence-electron chi connectivity index (χ1n) is 10.9. The monoisotopic (exact) mass is 542 g/mol. The summed E-state index contributed by atoms with van der Waals surface area (Å²) in [4.78, 5) is 46.3. The second-order valence-corrected chi connectivity index (χ2v) is 8.92. The van der Waals surface area contributed by atoms with Crippen molar-refractivity contribution in [1.29, 1.82) is 0 Å². The zero-order valence-corrected chi connectivity index (χ0v) is 20.7. The number of nitrogens with two attached hydrogens (primary N) is 1. The van der Waals surface area contributed by atoms with Gasteiger partial charge < -0.3 is 35.3 Å². The number of H-pyrrole nitrogens is 1. The van der Waals surface area contributed by atoms with Gasteiger partial charge in [-0.3, -0.25) is 9.59 Å². The molecule has 1 fully saturated rings. The summed E-state index contributed by atoms with van der Waals surface area (Å²) in [5.41, 5.74) is 10.0. The van der Waals surface area contributed by atoms with E-state index in [4.69, 9.17) is 20.1 Å². The van der Waals surface area contributed by atoms with E-state index in [-0.39, 0.29) is 11.9 Å². The lowest BCUT2D eigenvalue weighted by molar-refractivity contribution is -0.134. The van der Waals surface area contributed by atoms with Crippen LogP contribution in [0.2, 0.25) is 0 Å². The van der Waals surface area contributed by atoms with Gasteiger partial charge in [-0.25, -0.2) is 0 Å². The first-order chi connectivity index (χ1) is 17.0. The third-order valence-electron chi connectivity index (χ3n) is 6.10. The molecule has 2 aliphatic rings. The summed E-state index contributed by atoms with van der Waals surface area (Å²) in [7, 11) is 0. The van der Waals surface area contributed by atoms with E-state index in [0.717, 1.165) is 33.9 Å². The van der Waals surface area contributed by atoms with Crippen LogP contribution in [0.3, 0.4) is 0 Å². The minimum absolute atomic E-state index is 0.00732. The summed E-state index contributed by atoms with van der Waals surface area (Å²) in [6.45, 7) is 5.30. The number of fused-ring (bicyclic) bond motifs is 2. The van der Waals surface area contributed by atoms with Gasteiger partial charge in [0.15, 0.2) is 6.10 Å². The predicted molar refractivity (Wildman–Crippen MR) is 136 cm³/mol. The minimum Gasteiger partial charge on any atom is -0.365 e. The van der Waals surface area contributed by atoms with Gasteiger partial charge in [0, 0.05) is 21.9 Å². The van der Waals surface area contributed by atoms with Crippen molar-refractivity contribution in [2.75, 3.05) is 24.6 Å². The van der Waals surface area contributed by atoms with Crippen molar-refractivity contribution in [3.05, 3.63) is 63.8 Å². The smallest absolute Gasteiger partial charge is 0.267 e. The number of amides is 2. The summed E-state index contributed by atoms with van der Waals surface area (Å²) in [6.07, 6.45) is 1.23. The standard InChI is InChI=1S/C23H23BrN4O3.2CH2O/c24-14-6-8-18-16(11-14)21(20(26-18)22(25)29)28-9-10-31-19(12-28)23(30)27-17-7-5-13-3-1-2-4-15(13)17;2*1-2/h1-4,6,8,11,17,19,26H,5,7,9-10,12H2,(H2,25,29)(H,27,30);2*1H2. The maximum absolute atomic E-state index is 13.0. The fourth-order valence-electron chi connectivity index (χ4n) is 4.64.